The predicted octanol–water partition coefficient (Wildman–Crippen LogP) is 3.15. The summed E-state index contributed by atoms with van der Waals surface area (Å²) in [4.78, 5) is 27.1. The molecule has 0 saturated carbocycles. The lowest BCUT2D eigenvalue weighted by Gasteiger charge is -2.16. The van der Waals surface area contributed by atoms with Crippen molar-refractivity contribution in [2.45, 2.75) is 39.0 Å². The number of likely N-dealkylation sites (tertiary alicyclic amines) is 1. The lowest BCUT2D eigenvalue weighted by molar-refractivity contribution is -0.129. The molecule has 1 amide bonds. The van der Waals surface area contributed by atoms with Gasteiger partial charge in [-0.3, -0.25) is 9.69 Å². The number of carbonyl (C=O) groups is 2. The largest absolute Gasteiger partial charge is 0.496 e. The normalized spacial score (nSPS) is 15.0. The second kappa shape index (κ2) is 10.1. The first-order valence-corrected chi connectivity index (χ1v) is 9.98. The number of rotatable bonds is 8. The van der Waals surface area contributed by atoms with Crippen LogP contribution in [0.1, 0.15) is 41.3 Å². The maximum atomic E-state index is 12.4. The summed E-state index contributed by atoms with van der Waals surface area (Å²) in [7, 11) is 1.58. The molecule has 0 unspecified atom stereocenters. The van der Waals surface area contributed by atoms with Crippen molar-refractivity contribution in [2.24, 2.45) is 0 Å². The summed E-state index contributed by atoms with van der Waals surface area (Å²) in [5.41, 5.74) is 2.47. The predicted molar refractivity (Wildman–Crippen MR) is 111 cm³/mol. The third-order valence-electron chi connectivity index (χ3n) is 5.09. The van der Waals surface area contributed by atoms with Crippen molar-refractivity contribution < 1.29 is 19.1 Å². The Morgan fingerprint density at radius 1 is 1.07 bits per heavy atom. The van der Waals surface area contributed by atoms with Crippen molar-refractivity contribution in [1.29, 1.82) is 0 Å². The van der Waals surface area contributed by atoms with Crippen molar-refractivity contribution in [3.63, 3.8) is 0 Å². The number of hydrogen-bond acceptors (Lipinski definition) is 5. The van der Waals surface area contributed by atoms with Gasteiger partial charge >= 0.3 is 5.97 Å². The monoisotopic (exact) mass is 396 g/mol. The lowest BCUT2D eigenvalue weighted by Crippen LogP contribution is -2.35. The summed E-state index contributed by atoms with van der Waals surface area (Å²) in [6, 6.07) is 14.9. The van der Waals surface area contributed by atoms with Crippen LogP contribution in [0.5, 0.6) is 5.75 Å². The number of nitrogens with zero attached hydrogens (tertiary/aromatic N) is 1. The fourth-order valence-electron chi connectivity index (χ4n) is 3.40. The molecule has 3 rings (SSSR count). The van der Waals surface area contributed by atoms with Gasteiger partial charge in [0.2, 0.25) is 0 Å². The van der Waals surface area contributed by atoms with Gasteiger partial charge in [-0.2, -0.15) is 0 Å². The average Bonchev–Trinajstić information content (AvgIpc) is 3.25. The van der Waals surface area contributed by atoms with Gasteiger partial charge in [0.05, 0.1) is 12.7 Å². The molecule has 1 heterocycles. The third-order valence-corrected chi connectivity index (χ3v) is 5.09. The van der Waals surface area contributed by atoms with Crippen LogP contribution in [0, 0.1) is 0 Å². The highest BCUT2D eigenvalue weighted by molar-refractivity contribution is 5.92. The number of carbonyl (C=O) groups excluding carboxylic acids is 2. The van der Waals surface area contributed by atoms with Gasteiger partial charge < -0.3 is 14.8 Å². The van der Waals surface area contributed by atoms with Gasteiger partial charge in [0, 0.05) is 18.7 Å². The van der Waals surface area contributed by atoms with Crippen LogP contribution in [-0.2, 0) is 22.6 Å². The molecule has 1 N–H and O–H groups in total. The van der Waals surface area contributed by atoms with Crippen LogP contribution in [0.4, 0.5) is 0 Å². The minimum atomic E-state index is -0.888. The molecule has 1 aliphatic heterocycles. The molecule has 29 heavy (non-hydrogen) atoms. The first-order chi connectivity index (χ1) is 14.1. The number of hydrogen-bond donors (Lipinski definition) is 1. The van der Waals surface area contributed by atoms with Crippen LogP contribution < -0.4 is 10.1 Å². The zero-order chi connectivity index (χ0) is 20.6. The minimum absolute atomic E-state index is 0.302. The van der Waals surface area contributed by atoms with Crippen LogP contribution in [0.2, 0.25) is 0 Å². The van der Waals surface area contributed by atoms with E-state index >= 15 is 0 Å². The van der Waals surface area contributed by atoms with Crippen molar-refractivity contribution in [1.82, 2.24) is 10.2 Å². The molecule has 2 aromatic rings. The fraction of sp³-hybridized carbons (Fsp3) is 0.391. The number of benzene rings is 2. The summed E-state index contributed by atoms with van der Waals surface area (Å²) in [5, 5.41) is 2.78. The molecule has 1 saturated heterocycles. The SMILES string of the molecule is COc1ccccc1CNC(=O)[C@H](C)OC(=O)c1ccc(CN2CCCC2)cc1. The van der Waals surface area contributed by atoms with E-state index in [1.807, 2.05) is 36.4 Å². The van der Waals surface area contributed by atoms with Crippen molar-refractivity contribution in [3.8, 4) is 5.75 Å². The minimum Gasteiger partial charge on any atom is -0.496 e. The Morgan fingerprint density at radius 3 is 2.45 bits per heavy atom. The van der Waals surface area contributed by atoms with Gasteiger partial charge in [-0.1, -0.05) is 30.3 Å². The van der Waals surface area contributed by atoms with Crippen LogP contribution in [0.15, 0.2) is 48.5 Å². The third kappa shape index (κ3) is 5.81. The molecule has 0 bridgehead atoms. The van der Waals surface area contributed by atoms with Crippen molar-refractivity contribution >= 4 is 11.9 Å². The summed E-state index contributed by atoms with van der Waals surface area (Å²) in [6.45, 7) is 5.03. The van der Waals surface area contributed by atoms with E-state index in [4.69, 9.17) is 9.47 Å². The summed E-state index contributed by atoms with van der Waals surface area (Å²) >= 11 is 0. The van der Waals surface area contributed by atoms with E-state index in [0.29, 0.717) is 17.9 Å². The molecule has 2 aromatic carbocycles. The highest BCUT2D eigenvalue weighted by atomic mass is 16.5. The Bertz CT molecular complexity index is 829. The van der Waals surface area contributed by atoms with Gasteiger partial charge in [0.15, 0.2) is 6.10 Å². The van der Waals surface area contributed by atoms with Gasteiger partial charge in [-0.25, -0.2) is 4.79 Å². The van der Waals surface area contributed by atoms with Crippen molar-refractivity contribution in [2.75, 3.05) is 20.2 Å². The maximum absolute atomic E-state index is 12.4. The van der Waals surface area contributed by atoms with Crippen LogP contribution in [-0.4, -0.2) is 43.1 Å². The summed E-state index contributed by atoms with van der Waals surface area (Å²) < 4.78 is 10.6. The first kappa shape index (κ1) is 20.9. The molecule has 0 aliphatic carbocycles. The lowest BCUT2D eigenvalue weighted by atomic mass is 10.1. The van der Waals surface area contributed by atoms with E-state index in [9.17, 15) is 9.59 Å². The smallest absolute Gasteiger partial charge is 0.338 e. The Labute approximate surface area is 171 Å². The van der Waals surface area contributed by atoms with E-state index in [1.165, 1.54) is 18.4 Å². The zero-order valence-electron chi connectivity index (χ0n) is 17.0. The Hall–Kier alpha value is -2.86. The second-order valence-electron chi connectivity index (χ2n) is 7.26. The van der Waals surface area contributed by atoms with E-state index in [1.54, 1.807) is 26.2 Å². The fourth-order valence-corrected chi connectivity index (χ4v) is 3.40. The molecular formula is C23H28N2O4. The van der Waals surface area contributed by atoms with E-state index < -0.39 is 12.1 Å². The number of amides is 1. The maximum Gasteiger partial charge on any atom is 0.338 e. The first-order valence-electron chi connectivity index (χ1n) is 9.98. The highest BCUT2D eigenvalue weighted by Gasteiger charge is 2.19. The number of ether oxygens (including phenoxy) is 2. The van der Waals surface area contributed by atoms with Crippen LogP contribution in [0.3, 0.4) is 0 Å². The molecule has 6 nitrogen and oxygen atoms in total. The highest BCUT2D eigenvalue weighted by Crippen LogP contribution is 2.17. The van der Waals surface area contributed by atoms with Crippen LogP contribution in [0.25, 0.3) is 0 Å². The van der Waals surface area contributed by atoms with E-state index in [2.05, 4.69) is 10.2 Å². The van der Waals surface area contributed by atoms with Gasteiger partial charge in [0.25, 0.3) is 5.91 Å². The number of nitrogens with one attached hydrogen (secondary N) is 1. The molecule has 0 aromatic heterocycles. The zero-order valence-corrected chi connectivity index (χ0v) is 17.0. The van der Waals surface area contributed by atoms with Gasteiger partial charge in [-0.15, -0.1) is 0 Å². The molecule has 0 spiro atoms. The Kier molecular flexibility index (Phi) is 7.25. The number of para-hydroxylation sites is 1. The van der Waals surface area contributed by atoms with Gasteiger partial charge in [0.1, 0.15) is 5.75 Å². The van der Waals surface area contributed by atoms with E-state index in [-0.39, 0.29) is 5.91 Å². The van der Waals surface area contributed by atoms with E-state index in [0.717, 1.165) is 25.2 Å². The molecule has 1 fully saturated rings. The van der Waals surface area contributed by atoms with Crippen molar-refractivity contribution in [3.05, 3.63) is 65.2 Å². The summed E-state index contributed by atoms with van der Waals surface area (Å²) in [5.74, 6) is -0.154. The average molecular weight is 396 g/mol. The molecule has 154 valence electrons. The Balaban J connectivity index is 1.49. The Morgan fingerprint density at radius 2 is 1.76 bits per heavy atom. The molecular weight excluding hydrogens is 368 g/mol. The standard InChI is InChI=1S/C23H28N2O4/c1-17(22(26)24-15-20-7-3-4-8-21(20)28-2)29-23(27)19-11-9-18(10-12-19)16-25-13-5-6-14-25/h3-4,7-12,17H,5-6,13-16H2,1-2H3,(H,24,26)/t17-/m0/s1. The second-order valence-corrected chi connectivity index (χ2v) is 7.26. The van der Waals surface area contributed by atoms with Crippen LogP contribution >= 0.6 is 0 Å². The molecule has 0 radical (unpaired) electrons. The molecule has 6 heteroatoms. The summed E-state index contributed by atoms with van der Waals surface area (Å²) in [6.07, 6.45) is 1.62. The number of esters is 1. The van der Waals surface area contributed by atoms with Gasteiger partial charge in [-0.05, 0) is 56.6 Å². The molecule has 1 atom stereocenters. The topological polar surface area (TPSA) is 67.9 Å². The number of methoxy groups -OCH3 is 1. The molecule has 1 aliphatic rings. The quantitative estimate of drug-likeness (QED) is 0.695.